The summed E-state index contributed by atoms with van der Waals surface area (Å²) in [6.45, 7) is 0. The number of aromatic nitrogens is 2. The Balaban J connectivity index is 1.63. The molecule has 0 fully saturated rings. The van der Waals surface area contributed by atoms with Gasteiger partial charge >= 0.3 is 0 Å². The van der Waals surface area contributed by atoms with E-state index in [4.69, 9.17) is 46.4 Å². The van der Waals surface area contributed by atoms with E-state index < -0.39 is 11.8 Å². The van der Waals surface area contributed by atoms with Crippen LogP contribution in [0.3, 0.4) is 0 Å². The van der Waals surface area contributed by atoms with E-state index in [0.717, 1.165) is 0 Å². The summed E-state index contributed by atoms with van der Waals surface area (Å²) in [5.74, 6) is -1.40. The third kappa shape index (κ3) is 6.05. The van der Waals surface area contributed by atoms with Gasteiger partial charge in [-0.1, -0.05) is 58.5 Å². The van der Waals surface area contributed by atoms with Gasteiger partial charge in [-0.2, -0.15) is 10.2 Å². The molecule has 0 spiro atoms. The predicted octanol–water partition coefficient (Wildman–Crippen LogP) is 4.55. The van der Waals surface area contributed by atoms with E-state index >= 15 is 0 Å². The SMILES string of the molecule is O=C(N/N=C/c1ccc(Cl)cc1Cl)c1nc[nH]c1C(=O)N/N=C/c1ccc(Cl)cc1Cl. The Morgan fingerprint density at radius 1 is 0.839 bits per heavy atom. The molecule has 3 N–H and O–H groups in total. The maximum absolute atomic E-state index is 12.3. The first-order valence-corrected chi connectivity index (χ1v) is 9.96. The van der Waals surface area contributed by atoms with Gasteiger partial charge in [0.2, 0.25) is 0 Å². The summed E-state index contributed by atoms with van der Waals surface area (Å²) in [4.78, 5) is 31.1. The lowest BCUT2D eigenvalue weighted by molar-refractivity contribution is 0.0915. The molecule has 8 nitrogen and oxygen atoms in total. The molecule has 0 aliphatic heterocycles. The van der Waals surface area contributed by atoms with Gasteiger partial charge in [0, 0.05) is 21.2 Å². The minimum absolute atomic E-state index is 0.100. The van der Waals surface area contributed by atoms with Gasteiger partial charge in [-0.3, -0.25) is 9.59 Å². The third-order valence-electron chi connectivity index (χ3n) is 3.75. The van der Waals surface area contributed by atoms with Crippen LogP contribution in [0, 0.1) is 0 Å². The molecule has 0 radical (unpaired) electrons. The molecule has 0 saturated carbocycles. The highest BCUT2D eigenvalue weighted by Crippen LogP contribution is 2.20. The van der Waals surface area contributed by atoms with Gasteiger partial charge in [0.25, 0.3) is 11.8 Å². The van der Waals surface area contributed by atoms with E-state index in [-0.39, 0.29) is 11.4 Å². The molecule has 0 aliphatic rings. The predicted molar refractivity (Wildman–Crippen MR) is 122 cm³/mol. The fourth-order valence-electron chi connectivity index (χ4n) is 2.28. The van der Waals surface area contributed by atoms with Crippen molar-refractivity contribution >= 4 is 70.6 Å². The largest absolute Gasteiger partial charge is 0.340 e. The number of nitrogens with zero attached hydrogens (tertiary/aromatic N) is 3. The number of benzene rings is 2. The third-order valence-corrected chi connectivity index (χ3v) is 4.87. The van der Waals surface area contributed by atoms with Crippen molar-refractivity contribution in [2.24, 2.45) is 10.2 Å². The molecule has 2 aromatic carbocycles. The summed E-state index contributed by atoms with van der Waals surface area (Å²) < 4.78 is 0. The smallest absolute Gasteiger partial charge is 0.292 e. The van der Waals surface area contributed by atoms with E-state index in [1.165, 1.54) is 18.8 Å². The summed E-state index contributed by atoms with van der Waals surface area (Å²) in [7, 11) is 0. The lowest BCUT2D eigenvalue weighted by Crippen LogP contribution is -2.25. The molecule has 0 unspecified atom stereocenters. The summed E-state index contributed by atoms with van der Waals surface area (Å²) in [5.41, 5.74) is 5.38. The number of hydrogen-bond donors (Lipinski definition) is 3. The number of halogens is 4. The average Bonchev–Trinajstić information content (AvgIpc) is 3.21. The van der Waals surface area contributed by atoms with Crippen LogP contribution in [0.15, 0.2) is 52.9 Å². The van der Waals surface area contributed by atoms with Crippen LogP contribution in [0.4, 0.5) is 0 Å². The maximum Gasteiger partial charge on any atom is 0.292 e. The van der Waals surface area contributed by atoms with Crippen LogP contribution in [0.1, 0.15) is 32.1 Å². The van der Waals surface area contributed by atoms with Crippen LogP contribution in [0.5, 0.6) is 0 Å². The summed E-state index contributed by atoms with van der Waals surface area (Å²) in [6, 6.07) is 9.62. The number of rotatable bonds is 6. The van der Waals surface area contributed by atoms with Crippen molar-refractivity contribution in [2.75, 3.05) is 0 Å². The summed E-state index contributed by atoms with van der Waals surface area (Å²) in [5, 5.41) is 9.31. The number of aromatic amines is 1. The van der Waals surface area contributed by atoms with Gasteiger partial charge in [-0.05, 0) is 24.3 Å². The molecule has 0 bridgehead atoms. The highest BCUT2D eigenvalue weighted by atomic mass is 35.5. The number of amides is 2. The quantitative estimate of drug-likeness (QED) is 0.343. The van der Waals surface area contributed by atoms with Crippen molar-refractivity contribution in [3.05, 3.63) is 85.3 Å². The average molecular weight is 498 g/mol. The van der Waals surface area contributed by atoms with Gasteiger partial charge in [0.15, 0.2) is 5.69 Å². The van der Waals surface area contributed by atoms with Crippen LogP contribution in [0.25, 0.3) is 0 Å². The van der Waals surface area contributed by atoms with Crippen LogP contribution in [0.2, 0.25) is 20.1 Å². The molecule has 0 saturated heterocycles. The molecule has 1 aromatic heterocycles. The fourth-order valence-corrected chi connectivity index (χ4v) is 3.20. The first kappa shape index (κ1) is 22.8. The highest BCUT2D eigenvalue weighted by molar-refractivity contribution is 6.36. The Labute approximate surface area is 196 Å². The van der Waals surface area contributed by atoms with Crippen LogP contribution in [-0.4, -0.2) is 34.2 Å². The van der Waals surface area contributed by atoms with Gasteiger partial charge in [0.05, 0.1) is 28.8 Å². The monoisotopic (exact) mass is 496 g/mol. The molecule has 3 rings (SSSR count). The molecular weight excluding hydrogens is 486 g/mol. The fraction of sp³-hybridized carbons (Fsp3) is 0. The molecule has 1 heterocycles. The maximum atomic E-state index is 12.3. The molecule has 31 heavy (non-hydrogen) atoms. The Hall–Kier alpha value is -2.91. The molecule has 158 valence electrons. The van der Waals surface area contributed by atoms with Gasteiger partial charge < -0.3 is 4.98 Å². The van der Waals surface area contributed by atoms with Gasteiger partial charge in [-0.25, -0.2) is 15.8 Å². The minimum atomic E-state index is -0.711. The second-order valence-corrected chi connectivity index (χ2v) is 7.54. The Kier molecular flexibility index (Phi) is 7.64. The Morgan fingerprint density at radius 3 is 1.87 bits per heavy atom. The van der Waals surface area contributed by atoms with Crippen molar-refractivity contribution in [2.45, 2.75) is 0 Å². The van der Waals surface area contributed by atoms with E-state index in [2.05, 4.69) is 31.0 Å². The molecular formula is C19H12Cl4N6O2. The van der Waals surface area contributed by atoms with Crippen molar-refractivity contribution in [3.8, 4) is 0 Å². The zero-order valence-corrected chi connectivity index (χ0v) is 18.4. The number of nitrogens with one attached hydrogen (secondary N) is 3. The topological polar surface area (TPSA) is 112 Å². The number of H-pyrrole nitrogens is 1. The molecule has 0 atom stereocenters. The first-order valence-electron chi connectivity index (χ1n) is 8.45. The van der Waals surface area contributed by atoms with Gasteiger partial charge in [-0.15, -0.1) is 0 Å². The highest BCUT2D eigenvalue weighted by Gasteiger charge is 2.19. The van der Waals surface area contributed by atoms with E-state index in [0.29, 0.717) is 31.2 Å². The number of imidazole rings is 1. The van der Waals surface area contributed by atoms with Crippen molar-refractivity contribution in [3.63, 3.8) is 0 Å². The first-order chi connectivity index (χ1) is 14.8. The zero-order valence-electron chi connectivity index (χ0n) is 15.4. The zero-order chi connectivity index (χ0) is 22.4. The number of carbonyl (C=O) groups is 2. The van der Waals surface area contributed by atoms with Crippen molar-refractivity contribution < 1.29 is 9.59 Å². The Bertz CT molecular complexity index is 1100. The normalized spacial score (nSPS) is 11.2. The van der Waals surface area contributed by atoms with Crippen LogP contribution >= 0.6 is 46.4 Å². The molecule has 0 aliphatic carbocycles. The minimum Gasteiger partial charge on any atom is -0.340 e. The van der Waals surface area contributed by atoms with Crippen molar-refractivity contribution in [1.29, 1.82) is 0 Å². The lowest BCUT2D eigenvalue weighted by atomic mass is 10.2. The second kappa shape index (κ2) is 10.4. The molecule has 2 amide bonds. The summed E-state index contributed by atoms with van der Waals surface area (Å²) in [6.07, 6.45) is 3.87. The standard InChI is InChI=1S/C19H12Cl4N6O2/c20-12-3-1-10(14(22)5-12)7-26-28-18(30)16-17(25-9-24-16)19(31)29-27-8-11-2-4-13(21)6-15(11)23/h1-9H,(H,24,25)(H,28,30)(H,29,31)/b26-7+,27-8+. The van der Waals surface area contributed by atoms with E-state index in [9.17, 15) is 9.59 Å². The second-order valence-electron chi connectivity index (χ2n) is 5.86. The number of carbonyl (C=O) groups excluding carboxylic acids is 2. The van der Waals surface area contributed by atoms with Crippen molar-refractivity contribution in [1.82, 2.24) is 20.8 Å². The van der Waals surface area contributed by atoms with E-state index in [1.807, 2.05) is 0 Å². The van der Waals surface area contributed by atoms with E-state index in [1.54, 1.807) is 36.4 Å². The van der Waals surface area contributed by atoms with Crippen LogP contribution < -0.4 is 10.9 Å². The number of hydrogen-bond acceptors (Lipinski definition) is 5. The summed E-state index contributed by atoms with van der Waals surface area (Å²) >= 11 is 23.7. The lowest BCUT2D eigenvalue weighted by Gasteiger charge is -2.02. The number of hydrazone groups is 2. The van der Waals surface area contributed by atoms with Gasteiger partial charge in [0.1, 0.15) is 5.69 Å². The van der Waals surface area contributed by atoms with Crippen LogP contribution in [-0.2, 0) is 0 Å². The Morgan fingerprint density at radius 2 is 1.35 bits per heavy atom. The molecule has 12 heteroatoms. The molecule has 3 aromatic rings.